The monoisotopic (exact) mass is 401 g/mol. The Bertz CT molecular complexity index is 928. The highest BCUT2D eigenvalue weighted by atomic mass is 32.1. The fraction of sp³-hybridized carbons (Fsp3) is 0.368. The van der Waals surface area contributed by atoms with Crippen molar-refractivity contribution in [2.24, 2.45) is 0 Å². The molecule has 2 amide bonds. The van der Waals surface area contributed by atoms with E-state index in [0.717, 1.165) is 22.0 Å². The second kappa shape index (κ2) is 8.39. The van der Waals surface area contributed by atoms with E-state index in [1.165, 1.54) is 11.3 Å². The average Bonchev–Trinajstić information content (AvgIpc) is 3.31. The van der Waals surface area contributed by atoms with E-state index in [-0.39, 0.29) is 11.4 Å². The van der Waals surface area contributed by atoms with Gasteiger partial charge in [-0.25, -0.2) is 9.78 Å². The molecular formula is C19H23N5O3S. The molecule has 0 radical (unpaired) electrons. The summed E-state index contributed by atoms with van der Waals surface area (Å²) >= 11 is 1.37. The van der Waals surface area contributed by atoms with Crippen LogP contribution in [0.3, 0.4) is 0 Å². The number of hydrogen-bond acceptors (Lipinski definition) is 7. The van der Waals surface area contributed by atoms with Gasteiger partial charge in [-0.3, -0.25) is 5.32 Å². The van der Waals surface area contributed by atoms with Crippen LogP contribution in [-0.2, 0) is 11.8 Å². The van der Waals surface area contributed by atoms with Gasteiger partial charge in [-0.05, 0) is 24.3 Å². The number of benzene rings is 1. The van der Waals surface area contributed by atoms with Crippen LogP contribution in [-0.4, -0.2) is 34.9 Å². The first kappa shape index (κ1) is 19.8. The van der Waals surface area contributed by atoms with Gasteiger partial charge in [0.2, 0.25) is 11.0 Å². The smallest absolute Gasteiger partial charge is 0.321 e. The number of hydrogen-bond donors (Lipinski definition) is 2. The normalized spacial score (nSPS) is 11.3. The van der Waals surface area contributed by atoms with Gasteiger partial charge in [-0.2, -0.15) is 0 Å². The Hall–Kier alpha value is -2.94. The van der Waals surface area contributed by atoms with Crippen LogP contribution in [0.15, 0.2) is 34.9 Å². The van der Waals surface area contributed by atoms with E-state index in [0.29, 0.717) is 24.0 Å². The summed E-state index contributed by atoms with van der Waals surface area (Å²) < 4.78 is 10.7. The lowest BCUT2D eigenvalue weighted by molar-refractivity contribution is 0.252. The summed E-state index contributed by atoms with van der Waals surface area (Å²) in [6, 6.07) is 7.14. The van der Waals surface area contributed by atoms with Crippen molar-refractivity contribution in [3.05, 3.63) is 41.2 Å². The Labute approximate surface area is 167 Å². The van der Waals surface area contributed by atoms with Crippen molar-refractivity contribution in [3.8, 4) is 17.2 Å². The van der Waals surface area contributed by atoms with Crippen LogP contribution in [0.5, 0.6) is 5.75 Å². The largest absolute Gasteiger partial charge is 0.497 e. The van der Waals surface area contributed by atoms with Crippen LogP contribution < -0.4 is 15.4 Å². The molecule has 9 heteroatoms. The zero-order chi connectivity index (χ0) is 20.1. The molecule has 3 rings (SSSR count). The summed E-state index contributed by atoms with van der Waals surface area (Å²) in [4.78, 5) is 16.5. The summed E-state index contributed by atoms with van der Waals surface area (Å²) in [5.74, 6) is 1.31. The van der Waals surface area contributed by atoms with Crippen molar-refractivity contribution < 1.29 is 13.9 Å². The lowest BCUT2D eigenvalue weighted by Crippen LogP contribution is -2.30. The number of nitrogens with one attached hydrogen (secondary N) is 2. The summed E-state index contributed by atoms with van der Waals surface area (Å²) in [5.41, 5.74) is 1.53. The van der Waals surface area contributed by atoms with Crippen molar-refractivity contribution in [1.29, 1.82) is 0 Å². The topological polar surface area (TPSA) is 102 Å². The Morgan fingerprint density at radius 2 is 1.96 bits per heavy atom. The third kappa shape index (κ3) is 5.07. The molecule has 2 aromatic heterocycles. The molecule has 0 unspecified atom stereocenters. The van der Waals surface area contributed by atoms with E-state index < -0.39 is 0 Å². The molecule has 0 saturated heterocycles. The molecule has 0 bridgehead atoms. The Balaban J connectivity index is 1.47. The molecule has 0 atom stereocenters. The molecule has 0 aliphatic heterocycles. The van der Waals surface area contributed by atoms with Gasteiger partial charge in [0.1, 0.15) is 17.0 Å². The van der Waals surface area contributed by atoms with Crippen molar-refractivity contribution in [3.63, 3.8) is 0 Å². The summed E-state index contributed by atoms with van der Waals surface area (Å²) in [7, 11) is 1.62. The van der Waals surface area contributed by atoms with E-state index in [1.54, 1.807) is 13.4 Å². The maximum atomic E-state index is 12.0. The lowest BCUT2D eigenvalue weighted by atomic mass is 9.98. The van der Waals surface area contributed by atoms with E-state index in [1.807, 2.05) is 24.3 Å². The first-order chi connectivity index (χ1) is 13.3. The minimum Gasteiger partial charge on any atom is -0.497 e. The highest BCUT2D eigenvalue weighted by Gasteiger charge is 2.20. The fourth-order valence-corrected chi connectivity index (χ4v) is 3.11. The maximum absolute atomic E-state index is 12.0. The molecule has 28 heavy (non-hydrogen) atoms. The zero-order valence-corrected chi connectivity index (χ0v) is 17.1. The molecule has 0 saturated carbocycles. The lowest BCUT2D eigenvalue weighted by Gasteiger charge is -2.12. The highest BCUT2D eigenvalue weighted by Crippen LogP contribution is 2.27. The third-order valence-corrected chi connectivity index (χ3v) is 5.11. The van der Waals surface area contributed by atoms with Crippen molar-refractivity contribution in [1.82, 2.24) is 20.5 Å². The number of aromatic nitrogens is 3. The summed E-state index contributed by atoms with van der Waals surface area (Å²) in [6.07, 6.45) is 2.15. The van der Waals surface area contributed by atoms with Crippen LogP contribution in [0.4, 0.5) is 9.93 Å². The molecule has 2 heterocycles. The van der Waals surface area contributed by atoms with E-state index >= 15 is 0 Å². The number of methoxy groups -OCH3 is 1. The first-order valence-corrected chi connectivity index (χ1v) is 9.64. The van der Waals surface area contributed by atoms with Gasteiger partial charge in [-0.1, -0.05) is 32.1 Å². The number of urea groups is 1. The number of carbonyl (C=O) groups excluding carboxylic acids is 1. The van der Waals surface area contributed by atoms with Crippen LogP contribution in [0.25, 0.3) is 11.5 Å². The van der Waals surface area contributed by atoms with Crippen LogP contribution in [0.1, 0.15) is 31.5 Å². The second-order valence-electron chi connectivity index (χ2n) is 7.17. The molecule has 0 fully saturated rings. The van der Waals surface area contributed by atoms with Crippen LogP contribution >= 0.6 is 11.3 Å². The fourth-order valence-electron chi connectivity index (χ4n) is 2.31. The molecule has 148 valence electrons. The van der Waals surface area contributed by atoms with Crippen molar-refractivity contribution in [2.75, 3.05) is 19.0 Å². The molecule has 3 aromatic rings. The number of anilines is 1. The zero-order valence-electron chi connectivity index (χ0n) is 16.3. The Morgan fingerprint density at radius 1 is 1.21 bits per heavy atom. The number of carbonyl (C=O) groups is 1. The minimum atomic E-state index is -0.324. The average molecular weight is 401 g/mol. The van der Waals surface area contributed by atoms with Crippen LogP contribution in [0, 0.1) is 0 Å². The Morgan fingerprint density at radius 3 is 2.61 bits per heavy atom. The van der Waals surface area contributed by atoms with E-state index in [2.05, 4.69) is 46.6 Å². The summed E-state index contributed by atoms with van der Waals surface area (Å²) in [6.45, 7) is 6.58. The number of ether oxygens (including phenoxy) is 1. The molecule has 0 spiro atoms. The van der Waals surface area contributed by atoms with Gasteiger partial charge in [0.05, 0.1) is 12.8 Å². The van der Waals surface area contributed by atoms with Gasteiger partial charge < -0.3 is 14.5 Å². The maximum Gasteiger partial charge on any atom is 0.321 e. The standard InChI is InChI=1S/C19H23N5O3S/c1-19(2,3)16-23-24-18(28-16)22-17(25)20-10-9-13-11-27-15(21-13)12-5-7-14(26-4)8-6-12/h5-8,11H,9-10H2,1-4H3,(H2,20,22,24,25). The number of oxazole rings is 1. The third-order valence-electron chi connectivity index (χ3n) is 3.84. The number of rotatable bonds is 6. The quantitative estimate of drug-likeness (QED) is 0.650. The van der Waals surface area contributed by atoms with Gasteiger partial charge in [0.15, 0.2) is 0 Å². The van der Waals surface area contributed by atoms with Gasteiger partial charge in [0, 0.05) is 23.9 Å². The van der Waals surface area contributed by atoms with Gasteiger partial charge >= 0.3 is 6.03 Å². The predicted octanol–water partition coefficient (Wildman–Crippen LogP) is 3.86. The SMILES string of the molecule is COc1ccc(-c2nc(CCNC(=O)Nc3nnc(C(C)(C)C)s3)co2)cc1. The molecule has 8 nitrogen and oxygen atoms in total. The molecule has 0 aliphatic carbocycles. The van der Waals surface area contributed by atoms with Crippen molar-refractivity contribution >= 4 is 22.5 Å². The molecule has 2 N–H and O–H groups in total. The van der Waals surface area contributed by atoms with E-state index in [9.17, 15) is 4.79 Å². The summed E-state index contributed by atoms with van der Waals surface area (Å²) in [5, 5.41) is 14.9. The van der Waals surface area contributed by atoms with E-state index in [4.69, 9.17) is 9.15 Å². The number of amides is 2. The second-order valence-corrected chi connectivity index (χ2v) is 8.14. The van der Waals surface area contributed by atoms with Gasteiger partial charge in [-0.15, -0.1) is 10.2 Å². The van der Waals surface area contributed by atoms with Gasteiger partial charge in [0.25, 0.3) is 0 Å². The molecule has 0 aliphatic rings. The predicted molar refractivity (Wildman–Crippen MR) is 108 cm³/mol. The van der Waals surface area contributed by atoms with Crippen LogP contribution in [0.2, 0.25) is 0 Å². The van der Waals surface area contributed by atoms with Crippen molar-refractivity contribution in [2.45, 2.75) is 32.6 Å². The molecule has 1 aromatic carbocycles. The minimum absolute atomic E-state index is 0.0946. The molecular weight excluding hydrogens is 378 g/mol. The Kier molecular flexibility index (Phi) is 5.93. The highest BCUT2D eigenvalue weighted by molar-refractivity contribution is 7.15. The first-order valence-electron chi connectivity index (χ1n) is 8.83. The number of nitrogens with zero attached hydrogens (tertiary/aromatic N) is 3.